The van der Waals surface area contributed by atoms with Gasteiger partial charge in [0.25, 0.3) is 0 Å². The van der Waals surface area contributed by atoms with E-state index in [1.807, 2.05) is 24.6 Å². The molecule has 1 heterocycles. The van der Waals surface area contributed by atoms with E-state index in [9.17, 15) is 4.79 Å². The van der Waals surface area contributed by atoms with E-state index in [4.69, 9.17) is 4.74 Å². The Morgan fingerprint density at radius 3 is 3.00 bits per heavy atom. The molecule has 4 nitrogen and oxygen atoms in total. The zero-order valence-corrected chi connectivity index (χ0v) is 8.64. The zero-order chi connectivity index (χ0) is 10.4. The first-order chi connectivity index (χ1) is 6.74. The Morgan fingerprint density at radius 2 is 2.43 bits per heavy atom. The topological polar surface area (TPSA) is 44.1 Å². The maximum Gasteiger partial charge on any atom is 0.308 e. The van der Waals surface area contributed by atoms with Crippen molar-refractivity contribution >= 4 is 5.97 Å². The van der Waals surface area contributed by atoms with Gasteiger partial charge in [-0.3, -0.25) is 4.79 Å². The Bertz CT molecular complexity index is 270. The van der Waals surface area contributed by atoms with Gasteiger partial charge in [0.2, 0.25) is 0 Å². The molecule has 1 unspecified atom stereocenters. The number of aromatic nitrogens is 2. The van der Waals surface area contributed by atoms with Gasteiger partial charge in [0.15, 0.2) is 0 Å². The second kappa shape index (κ2) is 5.42. The molecule has 0 aliphatic rings. The van der Waals surface area contributed by atoms with Gasteiger partial charge < -0.3 is 9.30 Å². The van der Waals surface area contributed by atoms with Crippen molar-refractivity contribution < 1.29 is 9.53 Å². The van der Waals surface area contributed by atoms with Crippen LogP contribution in [0.2, 0.25) is 0 Å². The van der Waals surface area contributed by atoms with Gasteiger partial charge in [-0.1, -0.05) is 13.8 Å². The fourth-order valence-electron chi connectivity index (χ4n) is 0.980. The molecule has 0 fully saturated rings. The number of esters is 1. The van der Waals surface area contributed by atoms with Crippen LogP contribution in [0.4, 0.5) is 0 Å². The minimum absolute atomic E-state index is 0.00205. The Hall–Kier alpha value is -1.32. The van der Waals surface area contributed by atoms with Crippen molar-refractivity contribution in [2.24, 2.45) is 5.92 Å². The number of imidazole rings is 1. The third-order valence-electron chi connectivity index (χ3n) is 2.17. The molecule has 14 heavy (non-hydrogen) atoms. The molecule has 0 aliphatic heterocycles. The summed E-state index contributed by atoms with van der Waals surface area (Å²) in [4.78, 5) is 15.1. The quantitative estimate of drug-likeness (QED) is 0.670. The minimum Gasteiger partial charge on any atom is -0.464 e. The molecule has 1 aromatic heterocycles. The van der Waals surface area contributed by atoms with Gasteiger partial charge in [-0.15, -0.1) is 0 Å². The number of rotatable bonds is 5. The summed E-state index contributed by atoms with van der Waals surface area (Å²) in [6.45, 7) is 4.93. The van der Waals surface area contributed by atoms with Gasteiger partial charge in [-0.2, -0.15) is 0 Å². The molecule has 0 radical (unpaired) electrons. The van der Waals surface area contributed by atoms with Gasteiger partial charge >= 0.3 is 5.97 Å². The summed E-state index contributed by atoms with van der Waals surface area (Å²) in [5, 5.41) is 0. The molecular formula is C10H16N2O2. The Kier molecular flexibility index (Phi) is 4.16. The summed E-state index contributed by atoms with van der Waals surface area (Å²) >= 11 is 0. The summed E-state index contributed by atoms with van der Waals surface area (Å²) in [6.07, 6.45) is 6.08. The van der Waals surface area contributed by atoms with Crippen molar-refractivity contribution in [1.82, 2.24) is 9.55 Å². The molecule has 0 amide bonds. The lowest BCUT2D eigenvalue weighted by Crippen LogP contribution is -2.16. The highest BCUT2D eigenvalue weighted by atomic mass is 16.5. The van der Waals surface area contributed by atoms with Gasteiger partial charge in [-0.05, 0) is 6.42 Å². The standard InChI is InChI=1S/C10H16N2O2/c1-3-9(2)10(13)14-7-6-12-5-4-11-8-12/h4-5,8-9H,3,6-7H2,1-2H3. The number of hydrogen-bond donors (Lipinski definition) is 0. The van der Waals surface area contributed by atoms with Crippen molar-refractivity contribution in [2.75, 3.05) is 6.61 Å². The van der Waals surface area contributed by atoms with Crippen LogP contribution in [0.15, 0.2) is 18.7 Å². The number of carbonyl (C=O) groups is 1. The number of ether oxygens (including phenoxy) is 1. The number of hydrogen-bond acceptors (Lipinski definition) is 3. The molecule has 1 rings (SSSR count). The first-order valence-electron chi connectivity index (χ1n) is 4.86. The number of carbonyl (C=O) groups excluding carboxylic acids is 1. The summed E-state index contributed by atoms with van der Waals surface area (Å²) in [5.74, 6) is -0.120. The van der Waals surface area contributed by atoms with Crippen LogP contribution >= 0.6 is 0 Å². The van der Waals surface area contributed by atoms with Crippen LogP contribution in [0.5, 0.6) is 0 Å². The van der Waals surface area contributed by atoms with Gasteiger partial charge in [-0.25, -0.2) is 4.98 Å². The van der Waals surface area contributed by atoms with Crippen LogP contribution in [0.1, 0.15) is 20.3 Å². The van der Waals surface area contributed by atoms with E-state index in [0.717, 1.165) is 6.42 Å². The van der Waals surface area contributed by atoms with Crippen molar-refractivity contribution in [3.63, 3.8) is 0 Å². The maximum atomic E-state index is 11.3. The van der Waals surface area contributed by atoms with Crippen molar-refractivity contribution in [3.8, 4) is 0 Å². The summed E-state index contributed by atoms with van der Waals surface area (Å²) in [5.41, 5.74) is 0. The van der Waals surface area contributed by atoms with Crippen LogP contribution in [-0.4, -0.2) is 22.1 Å². The lowest BCUT2D eigenvalue weighted by atomic mass is 10.1. The lowest BCUT2D eigenvalue weighted by molar-refractivity contribution is -0.148. The van der Waals surface area contributed by atoms with Crippen LogP contribution in [0.3, 0.4) is 0 Å². The predicted octanol–water partition coefficient (Wildman–Crippen LogP) is 1.47. The lowest BCUT2D eigenvalue weighted by Gasteiger charge is -2.09. The van der Waals surface area contributed by atoms with Crippen LogP contribution in [0.25, 0.3) is 0 Å². The molecular weight excluding hydrogens is 180 g/mol. The summed E-state index contributed by atoms with van der Waals surface area (Å²) in [6, 6.07) is 0. The van der Waals surface area contributed by atoms with Crippen LogP contribution < -0.4 is 0 Å². The first-order valence-corrected chi connectivity index (χ1v) is 4.86. The van der Waals surface area contributed by atoms with Gasteiger partial charge in [0.1, 0.15) is 6.61 Å². The Morgan fingerprint density at radius 1 is 1.64 bits per heavy atom. The molecule has 1 aromatic rings. The minimum atomic E-state index is -0.118. The fourth-order valence-corrected chi connectivity index (χ4v) is 0.980. The molecule has 1 atom stereocenters. The largest absolute Gasteiger partial charge is 0.464 e. The molecule has 0 spiro atoms. The van der Waals surface area contributed by atoms with Gasteiger partial charge in [0.05, 0.1) is 18.8 Å². The molecule has 0 aromatic carbocycles. The zero-order valence-electron chi connectivity index (χ0n) is 8.64. The summed E-state index contributed by atoms with van der Waals surface area (Å²) < 4.78 is 6.96. The van der Waals surface area contributed by atoms with E-state index in [2.05, 4.69) is 4.98 Å². The third kappa shape index (κ3) is 3.20. The van der Waals surface area contributed by atoms with Crippen molar-refractivity contribution in [1.29, 1.82) is 0 Å². The average molecular weight is 196 g/mol. The molecule has 0 saturated carbocycles. The van der Waals surface area contributed by atoms with E-state index < -0.39 is 0 Å². The second-order valence-corrected chi connectivity index (χ2v) is 3.28. The number of nitrogens with zero attached hydrogens (tertiary/aromatic N) is 2. The second-order valence-electron chi connectivity index (χ2n) is 3.28. The Labute approximate surface area is 83.9 Å². The maximum absolute atomic E-state index is 11.3. The molecule has 4 heteroatoms. The van der Waals surface area contributed by atoms with Crippen molar-refractivity contribution in [3.05, 3.63) is 18.7 Å². The highest BCUT2D eigenvalue weighted by molar-refractivity contribution is 5.71. The van der Waals surface area contributed by atoms with E-state index >= 15 is 0 Å². The van der Waals surface area contributed by atoms with Crippen molar-refractivity contribution in [2.45, 2.75) is 26.8 Å². The molecule has 0 saturated heterocycles. The highest BCUT2D eigenvalue weighted by Gasteiger charge is 2.10. The van der Waals surface area contributed by atoms with Gasteiger partial charge in [0, 0.05) is 12.4 Å². The molecule has 0 aliphatic carbocycles. The van der Waals surface area contributed by atoms with E-state index in [0.29, 0.717) is 13.2 Å². The smallest absolute Gasteiger partial charge is 0.308 e. The van der Waals surface area contributed by atoms with Crippen LogP contribution in [-0.2, 0) is 16.1 Å². The Balaban J connectivity index is 2.18. The predicted molar refractivity (Wildman–Crippen MR) is 52.6 cm³/mol. The van der Waals surface area contributed by atoms with E-state index in [1.165, 1.54) is 0 Å². The average Bonchev–Trinajstić information content (AvgIpc) is 2.69. The monoisotopic (exact) mass is 196 g/mol. The molecule has 0 N–H and O–H groups in total. The third-order valence-corrected chi connectivity index (χ3v) is 2.17. The highest BCUT2D eigenvalue weighted by Crippen LogP contribution is 2.02. The SMILES string of the molecule is CCC(C)C(=O)OCCn1ccnc1. The summed E-state index contributed by atoms with van der Waals surface area (Å²) in [7, 11) is 0. The molecule has 0 bridgehead atoms. The first kappa shape index (κ1) is 10.8. The molecule has 78 valence electrons. The van der Waals surface area contributed by atoms with E-state index in [1.54, 1.807) is 12.5 Å². The van der Waals surface area contributed by atoms with Crippen LogP contribution in [0, 0.1) is 5.92 Å². The normalized spacial score (nSPS) is 12.4. The van der Waals surface area contributed by atoms with E-state index in [-0.39, 0.29) is 11.9 Å². The fraction of sp³-hybridized carbons (Fsp3) is 0.600.